The molecule has 6 heteroatoms. The molecule has 3 rings (SSSR count). The van der Waals surface area contributed by atoms with Gasteiger partial charge in [0.1, 0.15) is 0 Å². The van der Waals surface area contributed by atoms with Crippen molar-refractivity contribution in [3.63, 3.8) is 0 Å². The Hall–Kier alpha value is -2.44. The molecule has 1 unspecified atom stereocenters. The molecule has 1 atom stereocenters. The van der Waals surface area contributed by atoms with E-state index < -0.39 is 5.60 Å². The first-order valence-electron chi connectivity index (χ1n) is 7.15. The maximum absolute atomic E-state index is 12.2. The van der Waals surface area contributed by atoms with Crippen LogP contribution in [0.3, 0.4) is 0 Å². The van der Waals surface area contributed by atoms with Crippen molar-refractivity contribution in [3.05, 3.63) is 58.9 Å². The lowest BCUT2D eigenvalue weighted by Gasteiger charge is -2.23. The molecule has 3 aromatic rings. The third kappa shape index (κ3) is 3.49. The summed E-state index contributed by atoms with van der Waals surface area (Å²) in [5.41, 5.74) is 1.39. The van der Waals surface area contributed by atoms with Gasteiger partial charge in [0.05, 0.1) is 17.5 Å². The summed E-state index contributed by atoms with van der Waals surface area (Å²) in [5, 5.41) is 13.3. The van der Waals surface area contributed by atoms with E-state index in [1.54, 1.807) is 37.3 Å². The molecule has 5 nitrogen and oxygen atoms in total. The van der Waals surface area contributed by atoms with E-state index in [-0.39, 0.29) is 17.2 Å². The van der Waals surface area contributed by atoms with Crippen LogP contribution in [0, 0.1) is 4.84 Å². The number of amides is 1. The SMILES string of the molecule is CC(O)(CC(=O)Nc1ccc2[nH]c(=S)oc2c1)c1ccccc1. The van der Waals surface area contributed by atoms with Gasteiger partial charge in [0.2, 0.25) is 5.91 Å². The highest BCUT2D eigenvalue weighted by atomic mass is 32.1. The molecule has 1 heterocycles. The summed E-state index contributed by atoms with van der Waals surface area (Å²) in [5.74, 6) is -0.285. The van der Waals surface area contributed by atoms with Gasteiger partial charge in [-0.25, -0.2) is 0 Å². The van der Waals surface area contributed by atoms with Gasteiger partial charge < -0.3 is 19.8 Å². The molecule has 0 spiro atoms. The van der Waals surface area contributed by atoms with Crippen LogP contribution < -0.4 is 5.32 Å². The van der Waals surface area contributed by atoms with E-state index in [1.807, 2.05) is 18.2 Å². The zero-order valence-corrected chi connectivity index (χ0v) is 13.3. The van der Waals surface area contributed by atoms with E-state index in [0.717, 1.165) is 5.52 Å². The minimum Gasteiger partial charge on any atom is -0.429 e. The smallest absolute Gasteiger partial charge is 0.266 e. The molecule has 1 amide bonds. The highest BCUT2D eigenvalue weighted by Gasteiger charge is 2.26. The quantitative estimate of drug-likeness (QED) is 0.638. The summed E-state index contributed by atoms with van der Waals surface area (Å²) < 4.78 is 5.32. The number of carbonyl (C=O) groups is 1. The van der Waals surface area contributed by atoms with E-state index >= 15 is 0 Å². The summed E-state index contributed by atoms with van der Waals surface area (Å²) in [7, 11) is 0. The second kappa shape index (κ2) is 5.98. The van der Waals surface area contributed by atoms with Gasteiger partial charge in [0.15, 0.2) is 5.58 Å². The molecule has 0 saturated carbocycles. The van der Waals surface area contributed by atoms with E-state index in [4.69, 9.17) is 16.6 Å². The first-order valence-corrected chi connectivity index (χ1v) is 7.55. The standard InChI is InChI=1S/C17H16N2O3S/c1-17(21,11-5-3-2-4-6-11)10-15(20)18-12-7-8-13-14(9-12)22-16(23)19-13/h2-9,21H,10H2,1H3,(H,18,20)(H,19,23). The number of carbonyl (C=O) groups excluding carboxylic acids is 1. The number of H-pyrrole nitrogens is 1. The Morgan fingerprint density at radius 3 is 2.78 bits per heavy atom. The number of aromatic nitrogens is 1. The van der Waals surface area contributed by atoms with Crippen LogP contribution in [-0.2, 0) is 10.4 Å². The number of aliphatic hydroxyl groups is 1. The van der Waals surface area contributed by atoms with E-state index in [9.17, 15) is 9.90 Å². The molecule has 0 aliphatic heterocycles. The fourth-order valence-electron chi connectivity index (χ4n) is 2.44. The van der Waals surface area contributed by atoms with Gasteiger partial charge in [0.25, 0.3) is 4.84 Å². The van der Waals surface area contributed by atoms with Crippen molar-refractivity contribution in [1.29, 1.82) is 0 Å². The van der Waals surface area contributed by atoms with E-state index in [0.29, 0.717) is 16.8 Å². The number of oxazole rings is 1. The molecular formula is C17H16N2O3S. The van der Waals surface area contributed by atoms with Crippen LogP contribution in [0.2, 0.25) is 0 Å². The van der Waals surface area contributed by atoms with Gasteiger partial charge >= 0.3 is 0 Å². The predicted octanol–water partition coefficient (Wildman–Crippen LogP) is 3.73. The van der Waals surface area contributed by atoms with Crippen molar-refractivity contribution in [3.8, 4) is 0 Å². The summed E-state index contributed by atoms with van der Waals surface area (Å²) in [6, 6.07) is 14.3. The van der Waals surface area contributed by atoms with Crippen LogP contribution in [0.15, 0.2) is 52.9 Å². The van der Waals surface area contributed by atoms with Crippen LogP contribution in [0.25, 0.3) is 11.1 Å². The maximum atomic E-state index is 12.2. The van der Waals surface area contributed by atoms with Crippen molar-refractivity contribution in [1.82, 2.24) is 4.98 Å². The molecule has 1 aromatic heterocycles. The molecule has 23 heavy (non-hydrogen) atoms. The number of aromatic amines is 1. The van der Waals surface area contributed by atoms with Crippen molar-refractivity contribution in [2.24, 2.45) is 0 Å². The number of anilines is 1. The van der Waals surface area contributed by atoms with Gasteiger partial charge in [0, 0.05) is 11.8 Å². The lowest BCUT2D eigenvalue weighted by Crippen LogP contribution is -2.28. The molecule has 0 saturated heterocycles. The second-order valence-corrected chi connectivity index (χ2v) is 5.96. The second-order valence-electron chi connectivity index (χ2n) is 5.59. The van der Waals surface area contributed by atoms with Crippen molar-refractivity contribution < 1.29 is 14.3 Å². The largest absolute Gasteiger partial charge is 0.429 e. The Morgan fingerprint density at radius 2 is 2.04 bits per heavy atom. The summed E-state index contributed by atoms with van der Waals surface area (Å²) in [4.78, 5) is 15.4. The Bertz CT molecular complexity index is 897. The van der Waals surface area contributed by atoms with E-state index in [2.05, 4.69) is 10.3 Å². The number of fused-ring (bicyclic) bond motifs is 1. The number of hydrogen-bond acceptors (Lipinski definition) is 4. The first kappa shape index (κ1) is 15.5. The molecule has 0 bridgehead atoms. The van der Waals surface area contributed by atoms with Crippen LogP contribution in [0.1, 0.15) is 18.9 Å². The molecule has 118 valence electrons. The lowest BCUT2D eigenvalue weighted by molar-refractivity contribution is -0.120. The third-order valence-corrected chi connectivity index (χ3v) is 3.79. The maximum Gasteiger partial charge on any atom is 0.266 e. The average molecular weight is 328 g/mol. The monoisotopic (exact) mass is 328 g/mol. The van der Waals surface area contributed by atoms with Gasteiger partial charge in [-0.2, -0.15) is 0 Å². The molecule has 3 N–H and O–H groups in total. The summed E-state index contributed by atoms with van der Waals surface area (Å²) in [6.07, 6.45) is -0.0500. The van der Waals surface area contributed by atoms with E-state index in [1.165, 1.54) is 0 Å². The zero-order valence-electron chi connectivity index (χ0n) is 12.5. The molecule has 0 fully saturated rings. The molecule has 0 radical (unpaired) electrons. The lowest BCUT2D eigenvalue weighted by atomic mass is 9.92. The average Bonchev–Trinajstić information content (AvgIpc) is 2.87. The topological polar surface area (TPSA) is 78.3 Å². The Kier molecular flexibility index (Phi) is 4.02. The third-order valence-electron chi connectivity index (χ3n) is 3.61. The fraction of sp³-hybridized carbons (Fsp3) is 0.176. The van der Waals surface area contributed by atoms with Crippen molar-refractivity contribution in [2.45, 2.75) is 18.9 Å². The minimum absolute atomic E-state index is 0.0500. The fourth-order valence-corrected chi connectivity index (χ4v) is 2.64. The Labute approximate surface area is 138 Å². The zero-order chi connectivity index (χ0) is 16.4. The highest BCUT2D eigenvalue weighted by Crippen LogP contribution is 2.25. The minimum atomic E-state index is -1.23. The van der Waals surface area contributed by atoms with Crippen molar-refractivity contribution in [2.75, 3.05) is 5.32 Å². The summed E-state index contributed by atoms with van der Waals surface area (Å²) >= 11 is 4.93. The predicted molar refractivity (Wildman–Crippen MR) is 90.7 cm³/mol. The van der Waals surface area contributed by atoms with Crippen molar-refractivity contribution >= 4 is 34.9 Å². The Balaban J connectivity index is 1.74. The molecule has 0 aliphatic carbocycles. The Morgan fingerprint density at radius 1 is 1.30 bits per heavy atom. The molecular weight excluding hydrogens is 312 g/mol. The van der Waals surface area contributed by atoms with Gasteiger partial charge in [-0.15, -0.1) is 0 Å². The molecule has 0 aliphatic rings. The summed E-state index contributed by atoms with van der Waals surface area (Å²) in [6.45, 7) is 1.62. The number of hydrogen-bond donors (Lipinski definition) is 3. The number of rotatable bonds is 4. The van der Waals surface area contributed by atoms with Gasteiger partial charge in [-0.1, -0.05) is 30.3 Å². The van der Waals surface area contributed by atoms with Crippen LogP contribution >= 0.6 is 12.2 Å². The van der Waals surface area contributed by atoms with Crippen LogP contribution in [0.5, 0.6) is 0 Å². The van der Waals surface area contributed by atoms with Crippen LogP contribution in [0.4, 0.5) is 5.69 Å². The highest BCUT2D eigenvalue weighted by molar-refractivity contribution is 7.71. The number of benzene rings is 2. The first-order chi connectivity index (χ1) is 10.9. The normalized spacial score (nSPS) is 13.7. The van der Waals surface area contributed by atoms with Gasteiger partial charge in [-0.3, -0.25) is 4.79 Å². The number of nitrogens with one attached hydrogen (secondary N) is 2. The molecule has 2 aromatic carbocycles. The van der Waals surface area contributed by atoms with Gasteiger partial charge in [-0.05, 0) is 36.8 Å². The van der Waals surface area contributed by atoms with Crippen LogP contribution in [-0.4, -0.2) is 16.0 Å².